The Hall–Kier alpha value is -2.11. The minimum atomic E-state index is 0.158. The van der Waals surface area contributed by atoms with Crippen LogP contribution >= 0.6 is 0 Å². The molecule has 2 heterocycles. The average Bonchev–Trinajstić information content (AvgIpc) is 2.64. The number of H-pyrrole nitrogens is 1. The van der Waals surface area contributed by atoms with Gasteiger partial charge in [0, 0.05) is 0 Å². The van der Waals surface area contributed by atoms with Crippen molar-refractivity contribution in [3.63, 3.8) is 0 Å². The fraction of sp³-hybridized carbons (Fsp3) is 0.222. The minimum Gasteiger partial charge on any atom is -0.492 e. The van der Waals surface area contributed by atoms with Crippen LogP contribution < -0.4 is 5.73 Å². The van der Waals surface area contributed by atoms with Crippen molar-refractivity contribution in [3.05, 3.63) is 18.6 Å². The first-order valence-corrected chi connectivity index (χ1v) is 4.51. The van der Waals surface area contributed by atoms with Crippen LogP contribution in [0.4, 0.5) is 5.95 Å². The van der Waals surface area contributed by atoms with Crippen LogP contribution in [0.5, 0.6) is 0 Å². The molecule has 0 aromatic carbocycles. The minimum absolute atomic E-state index is 0.158. The van der Waals surface area contributed by atoms with Crippen LogP contribution in [-0.2, 0) is 4.74 Å². The summed E-state index contributed by atoms with van der Waals surface area (Å²) in [6, 6.07) is 0. The number of fused-ring (bicyclic) bond motifs is 1. The molecule has 0 aliphatic heterocycles. The van der Waals surface area contributed by atoms with E-state index in [1.165, 1.54) is 6.33 Å². The highest BCUT2D eigenvalue weighted by molar-refractivity contribution is 5.82. The van der Waals surface area contributed by atoms with Crippen molar-refractivity contribution < 1.29 is 4.74 Å². The Balaban J connectivity index is 2.57. The Labute approximate surface area is 86.2 Å². The molecular formula is C9H11N5O. The summed E-state index contributed by atoms with van der Waals surface area (Å²) in [6.45, 7) is 6.17. The Bertz CT molecular complexity index is 504. The number of hydrogen-bond donors (Lipinski definition) is 2. The van der Waals surface area contributed by atoms with E-state index in [0.29, 0.717) is 29.2 Å². The molecular weight excluding hydrogens is 194 g/mol. The lowest BCUT2D eigenvalue weighted by atomic mass is 10.3. The van der Waals surface area contributed by atoms with E-state index in [1.54, 1.807) is 0 Å². The summed E-state index contributed by atoms with van der Waals surface area (Å²) in [6.07, 6.45) is 1.53. The van der Waals surface area contributed by atoms with Crippen LogP contribution in [-0.4, -0.2) is 26.5 Å². The number of nitrogens with zero attached hydrogens (tertiary/aromatic N) is 3. The number of anilines is 1. The van der Waals surface area contributed by atoms with E-state index >= 15 is 0 Å². The van der Waals surface area contributed by atoms with Gasteiger partial charge in [-0.05, 0) is 6.92 Å². The third-order valence-corrected chi connectivity index (χ3v) is 1.89. The first-order chi connectivity index (χ1) is 7.22. The zero-order valence-corrected chi connectivity index (χ0v) is 8.32. The highest BCUT2D eigenvalue weighted by atomic mass is 16.5. The zero-order chi connectivity index (χ0) is 10.8. The topological polar surface area (TPSA) is 89.7 Å². The lowest BCUT2D eigenvalue weighted by Crippen LogP contribution is -2.01. The molecule has 0 spiro atoms. The van der Waals surface area contributed by atoms with Crippen molar-refractivity contribution >= 4 is 22.9 Å². The third-order valence-electron chi connectivity index (χ3n) is 1.89. The lowest BCUT2D eigenvalue weighted by molar-refractivity contribution is 0.298. The van der Waals surface area contributed by atoms with E-state index in [0.717, 1.165) is 0 Å². The van der Waals surface area contributed by atoms with Gasteiger partial charge in [0.05, 0.1) is 12.9 Å². The summed E-state index contributed by atoms with van der Waals surface area (Å²) in [7, 11) is 0. The van der Waals surface area contributed by atoms with E-state index in [-0.39, 0.29) is 5.95 Å². The summed E-state index contributed by atoms with van der Waals surface area (Å²) in [5, 5.41) is 0. The van der Waals surface area contributed by atoms with Crippen LogP contribution in [0.3, 0.4) is 0 Å². The SMILES string of the molecule is C=C(OCC)c1nc(N)nc2nc[nH]c12. The maximum absolute atomic E-state index is 5.55. The first kappa shape index (κ1) is 9.45. The number of nitrogens with two attached hydrogens (primary N) is 1. The Morgan fingerprint density at radius 2 is 2.40 bits per heavy atom. The van der Waals surface area contributed by atoms with Gasteiger partial charge in [-0.25, -0.2) is 9.97 Å². The van der Waals surface area contributed by atoms with E-state index in [9.17, 15) is 0 Å². The van der Waals surface area contributed by atoms with Gasteiger partial charge in [-0.2, -0.15) is 4.98 Å². The molecule has 78 valence electrons. The highest BCUT2D eigenvalue weighted by Gasteiger charge is 2.11. The van der Waals surface area contributed by atoms with E-state index < -0.39 is 0 Å². The molecule has 0 bridgehead atoms. The molecule has 2 aromatic heterocycles. The summed E-state index contributed by atoms with van der Waals surface area (Å²) in [5.41, 5.74) is 7.29. The molecule has 0 radical (unpaired) electrons. The summed E-state index contributed by atoms with van der Waals surface area (Å²) < 4.78 is 5.27. The van der Waals surface area contributed by atoms with Gasteiger partial charge in [0.2, 0.25) is 5.95 Å². The quantitative estimate of drug-likeness (QED) is 0.728. The number of rotatable bonds is 3. The van der Waals surface area contributed by atoms with Gasteiger partial charge in [-0.15, -0.1) is 0 Å². The number of hydrogen-bond acceptors (Lipinski definition) is 5. The average molecular weight is 205 g/mol. The van der Waals surface area contributed by atoms with Crippen molar-refractivity contribution in [1.29, 1.82) is 0 Å². The molecule has 0 saturated heterocycles. The highest BCUT2D eigenvalue weighted by Crippen LogP contribution is 2.19. The van der Waals surface area contributed by atoms with Crippen molar-refractivity contribution in [2.45, 2.75) is 6.92 Å². The number of imidazole rings is 1. The molecule has 6 heteroatoms. The molecule has 2 aromatic rings. The van der Waals surface area contributed by atoms with Crippen LogP contribution in [0.2, 0.25) is 0 Å². The Morgan fingerprint density at radius 1 is 1.60 bits per heavy atom. The number of aromatic amines is 1. The molecule has 0 aliphatic rings. The van der Waals surface area contributed by atoms with Crippen molar-refractivity contribution in [1.82, 2.24) is 19.9 Å². The molecule has 15 heavy (non-hydrogen) atoms. The molecule has 0 saturated carbocycles. The molecule has 6 nitrogen and oxygen atoms in total. The fourth-order valence-electron chi connectivity index (χ4n) is 1.29. The predicted molar refractivity (Wildman–Crippen MR) is 56.8 cm³/mol. The van der Waals surface area contributed by atoms with Crippen LogP contribution in [0.15, 0.2) is 12.9 Å². The summed E-state index contributed by atoms with van der Waals surface area (Å²) in [5.74, 6) is 0.617. The summed E-state index contributed by atoms with van der Waals surface area (Å²) >= 11 is 0. The second-order valence-electron chi connectivity index (χ2n) is 2.89. The molecule has 0 fully saturated rings. The molecule has 0 unspecified atom stereocenters. The number of nitrogen functional groups attached to an aromatic ring is 1. The molecule has 3 N–H and O–H groups in total. The van der Waals surface area contributed by atoms with Gasteiger partial charge in [0.1, 0.15) is 17.0 Å². The van der Waals surface area contributed by atoms with Crippen molar-refractivity contribution in [3.8, 4) is 0 Å². The normalized spacial score (nSPS) is 10.5. The van der Waals surface area contributed by atoms with Crippen molar-refractivity contribution in [2.24, 2.45) is 0 Å². The largest absolute Gasteiger partial charge is 0.492 e. The van der Waals surface area contributed by atoms with Gasteiger partial charge < -0.3 is 15.5 Å². The van der Waals surface area contributed by atoms with Crippen LogP contribution in [0, 0.1) is 0 Å². The predicted octanol–water partition coefficient (Wildman–Crippen LogP) is 0.942. The Kier molecular flexibility index (Phi) is 2.24. The van der Waals surface area contributed by atoms with E-state index in [2.05, 4.69) is 26.5 Å². The second kappa shape index (κ2) is 3.56. The zero-order valence-electron chi connectivity index (χ0n) is 8.32. The van der Waals surface area contributed by atoms with E-state index in [1.807, 2.05) is 6.92 Å². The first-order valence-electron chi connectivity index (χ1n) is 4.51. The molecule has 0 amide bonds. The standard InChI is InChI=1S/C9H11N5O/c1-3-15-5(2)6-7-8(12-4-11-7)14-9(10)13-6/h4H,2-3H2,1H3,(H3,10,11,12,13,14). The van der Waals surface area contributed by atoms with E-state index in [4.69, 9.17) is 10.5 Å². The van der Waals surface area contributed by atoms with Gasteiger partial charge in [0.15, 0.2) is 5.65 Å². The van der Waals surface area contributed by atoms with Crippen molar-refractivity contribution in [2.75, 3.05) is 12.3 Å². The van der Waals surface area contributed by atoms with Crippen LogP contribution in [0.25, 0.3) is 16.9 Å². The maximum atomic E-state index is 5.55. The lowest BCUT2D eigenvalue weighted by Gasteiger charge is -2.06. The summed E-state index contributed by atoms with van der Waals surface area (Å²) in [4.78, 5) is 15.0. The fourth-order valence-corrected chi connectivity index (χ4v) is 1.29. The Morgan fingerprint density at radius 3 is 3.13 bits per heavy atom. The van der Waals surface area contributed by atoms with Gasteiger partial charge in [-0.1, -0.05) is 6.58 Å². The van der Waals surface area contributed by atoms with Crippen LogP contribution in [0.1, 0.15) is 12.6 Å². The van der Waals surface area contributed by atoms with Gasteiger partial charge in [-0.3, -0.25) is 0 Å². The van der Waals surface area contributed by atoms with Gasteiger partial charge >= 0.3 is 0 Å². The third kappa shape index (κ3) is 1.61. The maximum Gasteiger partial charge on any atom is 0.222 e. The van der Waals surface area contributed by atoms with Gasteiger partial charge in [0.25, 0.3) is 0 Å². The smallest absolute Gasteiger partial charge is 0.222 e. The molecule has 0 aliphatic carbocycles. The molecule has 2 rings (SSSR count). The second-order valence-corrected chi connectivity index (χ2v) is 2.89. The number of ether oxygens (including phenoxy) is 1. The monoisotopic (exact) mass is 205 g/mol. The number of nitrogens with one attached hydrogen (secondary N) is 1. The number of aromatic nitrogens is 4. The molecule has 0 atom stereocenters.